The highest BCUT2D eigenvalue weighted by atomic mass is 35.5. The summed E-state index contributed by atoms with van der Waals surface area (Å²) in [6.07, 6.45) is 1.55. The predicted octanol–water partition coefficient (Wildman–Crippen LogP) is 5.17. The largest absolute Gasteiger partial charge is 0.467 e. The first-order valence-corrected chi connectivity index (χ1v) is 11.2. The zero-order valence-corrected chi connectivity index (χ0v) is 19.8. The summed E-state index contributed by atoms with van der Waals surface area (Å²) >= 11 is 6.19. The number of furan rings is 1. The summed E-state index contributed by atoms with van der Waals surface area (Å²) in [5.41, 5.74) is 0.851. The van der Waals surface area contributed by atoms with Crippen LogP contribution in [0.4, 0.5) is 5.69 Å². The maximum absolute atomic E-state index is 13.4. The molecule has 9 heteroatoms. The fourth-order valence-electron chi connectivity index (χ4n) is 3.51. The number of amides is 2. The first kappa shape index (κ1) is 25.0. The van der Waals surface area contributed by atoms with Gasteiger partial charge in [-0.3, -0.25) is 19.7 Å². The van der Waals surface area contributed by atoms with Gasteiger partial charge in [-0.05, 0) is 29.7 Å². The van der Waals surface area contributed by atoms with E-state index in [4.69, 9.17) is 16.0 Å². The van der Waals surface area contributed by atoms with Gasteiger partial charge in [0.15, 0.2) is 0 Å². The molecular weight excluding hydrogens is 458 g/mol. The Balaban J connectivity index is 1.84. The van der Waals surface area contributed by atoms with Gasteiger partial charge in [0, 0.05) is 25.2 Å². The van der Waals surface area contributed by atoms with Crippen molar-refractivity contribution in [3.05, 3.63) is 99.0 Å². The number of hydrogen-bond acceptors (Lipinski definition) is 5. The topological polar surface area (TPSA) is 96.9 Å². The van der Waals surface area contributed by atoms with E-state index in [0.717, 1.165) is 11.6 Å². The van der Waals surface area contributed by atoms with E-state index < -0.39 is 10.8 Å². The standard InChI is InChI=1S/C25H26ClN3O5/c1-18(2)14-28(25(31)22-11-10-20(29(32)33)13-23(22)26)17-24(30)27(16-21-9-6-12-34-21)15-19-7-4-3-5-8-19/h3-13,18H,14-17H2,1-2H3. The van der Waals surface area contributed by atoms with Crippen molar-refractivity contribution < 1.29 is 18.9 Å². The number of carbonyl (C=O) groups is 2. The van der Waals surface area contributed by atoms with Crippen molar-refractivity contribution in [2.24, 2.45) is 5.92 Å². The fraction of sp³-hybridized carbons (Fsp3) is 0.280. The second kappa shape index (κ2) is 11.5. The highest BCUT2D eigenvalue weighted by Gasteiger charge is 2.26. The van der Waals surface area contributed by atoms with E-state index in [-0.39, 0.29) is 41.2 Å². The number of halogens is 1. The number of hydrogen-bond donors (Lipinski definition) is 0. The summed E-state index contributed by atoms with van der Waals surface area (Å²) in [7, 11) is 0. The van der Waals surface area contributed by atoms with E-state index in [9.17, 15) is 19.7 Å². The van der Waals surface area contributed by atoms with Crippen LogP contribution in [0.1, 0.15) is 35.5 Å². The lowest BCUT2D eigenvalue weighted by atomic mass is 10.1. The quantitative estimate of drug-likeness (QED) is 0.293. The van der Waals surface area contributed by atoms with E-state index >= 15 is 0 Å². The van der Waals surface area contributed by atoms with Gasteiger partial charge in [-0.25, -0.2) is 0 Å². The van der Waals surface area contributed by atoms with Gasteiger partial charge in [0.05, 0.1) is 28.3 Å². The predicted molar refractivity (Wildman–Crippen MR) is 128 cm³/mol. The molecule has 0 saturated heterocycles. The lowest BCUT2D eigenvalue weighted by Crippen LogP contribution is -2.44. The third kappa shape index (κ3) is 6.68. The van der Waals surface area contributed by atoms with Crippen LogP contribution in [-0.2, 0) is 17.9 Å². The monoisotopic (exact) mass is 483 g/mol. The van der Waals surface area contributed by atoms with Crippen LogP contribution >= 0.6 is 11.6 Å². The van der Waals surface area contributed by atoms with Crippen molar-refractivity contribution in [2.45, 2.75) is 26.9 Å². The Labute approximate surface area is 202 Å². The molecule has 2 aromatic carbocycles. The van der Waals surface area contributed by atoms with Gasteiger partial charge in [-0.15, -0.1) is 0 Å². The molecule has 34 heavy (non-hydrogen) atoms. The zero-order chi connectivity index (χ0) is 24.7. The number of benzene rings is 2. The van der Waals surface area contributed by atoms with Crippen molar-refractivity contribution >= 4 is 29.1 Å². The molecule has 0 atom stereocenters. The molecule has 0 fully saturated rings. The van der Waals surface area contributed by atoms with E-state index in [0.29, 0.717) is 18.8 Å². The summed E-state index contributed by atoms with van der Waals surface area (Å²) < 4.78 is 5.44. The first-order chi connectivity index (χ1) is 16.2. The highest BCUT2D eigenvalue weighted by molar-refractivity contribution is 6.34. The van der Waals surface area contributed by atoms with Crippen LogP contribution in [0.25, 0.3) is 0 Å². The average molecular weight is 484 g/mol. The van der Waals surface area contributed by atoms with Crippen LogP contribution in [0.2, 0.25) is 5.02 Å². The van der Waals surface area contributed by atoms with E-state index in [1.165, 1.54) is 17.0 Å². The minimum Gasteiger partial charge on any atom is -0.467 e. The molecule has 2 amide bonds. The lowest BCUT2D eigenvalue weighted by molar-refractivity contribution is -0.384. The number of nitro benzene ring substituents is 1. The van der Waals surface area contributed by atoms with E-state index in [1.54, 1.807) is 23.3 Å². The first-order valence-electron chi connectivity index (χ1n) is 10.8. The normalized spacial score (nSPS) is 10.8. The summed E-state index contributed by atoms with van der Waals surface area (Å²) in [4.78, 5) is 40.2. The molecule has 1 aromatic heterocycles. The number of nitrogens with zero attached hydrogens (tertiary/aromatic N) is 3. The van der Waals surface area contributed by atoms with Crippen LogP contribution in [0.5, 0.6) is 0 Å². The molecule has 0 spiro atoms. The minimum atomic E-state index is -0.578. The van der Waals surface area contributed by atoms with Crippen LogP contribution in [0, 0.1) is 16.0 Å². The maximum atomic E-state index is 13.4. The van der Waals surface area contributed by atoms with Gasteiger partial charge in [0.2, 0.25) is 5.91 Å². The molecular formula is C25H26ClN3O5. The van der Waals surface area contributed by atoms with Crippen LogP contribution < -0.4 is 0 Å². The third-order valence-electron chi connectivity index (χ3n) is 5.09. The molecule has 3 rings (SSSR count). The molecule has 0 aliphatic rings. The van der Waals surface area contributed by atoms with Gasteiger partial charge in [-0.1, -0.05) is 55.8 Å². The van der Waals surface area contributed by atoms with Crippen LogP contribution in [-0.4, -0.2) is 39.6 Å². The number of rotatable bonds is 10. The fourth-order valence-corrected chi connectivity index (χ4v) is 3.77. The number of nitro groups is 1. The number of carbonyl (C=O) groups excluding carboxylic acids is 2. The molecule has 0 saturated carbocycles. The van der Waals surface area contributed by atoms with Crippen molar-refractivity contribution in [1.29, 1.82) is 0 Å². The van der Waals surface area contributed by atoms with Gasteiger partial charge >= 0.3 is 0 Å². The van der Waals surface area contributed by atoms with Crippen molar-refractivity contribution in [2.75, 3.05) is 13.1 Å². The Morgan fingerprint density at radius 2 is 1.76 bits per heavy atom. The lowest BCUT2D eigenvalue weighted by Gasteiger charge is -2.28. The molecule has 0 radical (unpaired) electrons. The molecule has 8 nitrogen and oxygen atoms in total. The van der Waals surface area contributed by atoms with Crippen molar-refractivity contribution in [3.8, 4) is 0 Å². The smallest absolute Gasteiger partial charge is 0.270 e. The zero-order valence-electron chi connectivity index (χ0n) is 19.0. The molecule has 0 bridgehead atoms. The summed E-state index contributed by atoms with van der Waals surface area (Å²) in [6, 6.07) is 16.8. The summed E-state index contributed by atoms with van der Waals surface area (Å²) in [5, 5.41) is 11.0. The molecule has 0 N–H and O–H groups in total. The van der Waals surface area contributed by atoms with E-state index in [2.05, 4.69) is 0 Å². The van der Waals surface area contributed by atoms with E-state index in [1.807, 2.05) is 44.2 Å². The van der Waals surface area contributed by atoms with Crippen molar-refractivity contribution in [3.63, 3.8) is 0 Å². The van der Waals surface area contributed by atoms with Gasteiger partial charge in [0.25, 0.3) is 11.6 Å². The second-order valence-corrected chi connectivity index (χ2v) is 8.72. The molecule has 0 unspecified atom stereocenters. The molecule has 3 aromatic rings. The maximum Gasteiger partial charge on any atom is 0.270 e. The number of non-ortho nitro benzene ring substituents is 1. The summed E-state index contributed by atoms with van der Waals surface area (Å²) in [6.45, 7) is 4.63. The Morgan fingerprint density at radius 1 is 1.03 bits per heavy atom. The Hall–Kier alpha value is -3.65. The Kier molecular flexibility index (Phi) is 8.43. The third-order valence-corrected chi connectivity index (χ3v) is 5.40. The molecule has 0 aliphatic carbocycles. The van der Waals surface area contributed by atoms with Crippen LogP contribution in [0.15, 0.2) is 71.3 Å². The minimum absolute atomic E-state index is 0.0304. The van der Waals surface area contributed by atoms with Gasteiger partial charge in [-0.2, -0.15) is 0 Å². The van der Waals surface area contributed by atoms with Crippen molar-refractivity contribution in [1.82, 2.24) is 9.80 Å². The summed E-state index contributed by atoms with van der Waals surface area (Å²) in [5.74, 6) is -0.00227. The van der Waals surface area contributed by atoms with Gasteiger partial charge < -0.3 is 14.2 Å². The molecule has 0 aliphatic heterocycles. The Morgan fingerprint density at radius 3 is 2.35 bits per heavy atom. The average Bonchev–Trinajstić information content (AvgIpc) is 3.31. The highest BCUT2D eigenvalue weighted by Crippen LogP contribution is 2.24. The van der Waals surface area contributed by atoms with Gasteiger partial charge in [0.1, 0.15) is 12.3 Å². The SMILES string of the molecule is CC(C)CN(CC(=O)N(Cc1ccccc1)Cc1ccco1)C(=O)c1ccc([N+](=O)[O-])cc1Cl. The Bertz CT molecular complexity index is 1130. The van der Waals surface area contributed by atoms with Crippen LogP contribution in [0.3, 0.4) is 0 Å². The molecule has 1 heterocycles. The molecule has 178 valence electrons. The second-order valence-electron chi connectivity index (χ2n) is 8.32.